The van der Waals surface area contributed by atoms with E-state index in [2.05, 4.69) is 20.4 Å². The van der Waals surface area contributed by atoms with Crippen LogP contribution in [0.1, 0.15) is 21.5 Å². The number of carbonyl (C=O) groups excluding carboxylic acids is 1. The molecule has 0 bridgehead atoms. The van der Waals surface area contributed by atoms with Crippen LogP contribution in [0.3, 0.4) is 0 Å². The molecule has 1 amide bonds. The molecule has 204 valence electrons. The Balaban J connectivity index is 1.60. The highest BCUT2D eigenvalue weighted by molar-refractivity contribution is 7.13. The van der Waals surface area contributed by atoms with E-state index in [0.717, 1.165) is 4.68 Å². The van der Waals surface area contributed by atoms with E-state index in [1.54, 1.807) is 47.8 Å². The van der Waals surface area contributed by atoms with Crippen LogP contribution in [0.25, 0.3) is 27.8 Å². The Labute approximate surface area is 224 Å². The van der Waals surface area contributed by atoms with Crippen molar-refractivity contribution in [2.24, 2.45) is 0 Å². The molecule has 14 heteroatoms. The van der Waals surface area contributed by atoms with E-state index in [4.69, 9.17) is 0 Å². The fourth-order valence-corrected chi connectivity index (χ4v) is 4.43. The minimum Gasteiger partial charge on any atom is -0.306 e. The number of halogens is 6. The van der Waals surface area contributed by atoms with Gasteiger partial charge in [0.05, 0.1) is 21.7 Å². The van der Waals surface area contributed by atoms with Gasteiger partial charge in [0.1, 0.15) is 11.5 Å². The second kappa shape index (κ2) is 10.1. The van der Waals surface area contributed by atoms with Crippen LogP contribution in [0.4, 0.5) is 32.2 Å². The smallest absolute Gasteiger partial charge is 0.306 e. The van der Waals surface area contributed by atoms with Gasteiger partial charge in [0.15, 0.2) is 0 Å². The van der Waals surface area contributed by atoms with Gasteiger partial charge in [-0.2, -0.15) is 36.1 Å². The van der Waals surface area contributed by atoms with E-state index in [-0.39, 0.29) is 23.5 Å². The normalized spacial score (nSPS) is 11.9. The van der Waals surface area contributed by atoms with Crippen molar-refractivity contribution in [2.75, 3.05) is 5.32 Å². The van der Waals surface area contributed by atoms with E-state index >= 15 is 0 Å². The third kappa shape index (κ3) is 5.66. The number of carbonyl (C=O) groups is 1. The number of anilines is 1. The van der Waals surface area contributed by atoms with Crippen LogP contribution in [-0.2, 0) is 12.4 Å². The number of benzene rings is 2. The number of aromatic amines is 1. The van der Waals surface area contributed by atoms with Crippen molar-refractivity contribution in [3.8, 4) is 27.8 Å². The second-order valence-corrected chi connectivity index (χ2v) is 9.32. The summed E-state index contributed by atoms with van der Waals surface area (Å²) in [5.74, 6) is -1.57. The van der Waals surface area contributed by atoms with Gasteiger partial charge in [-0.25, -0.2) is 4.98 Å². The summed E-state index contributed by atoms with van der Waals surface area (Å²) in [7, 11) is 0. The minimum absolute atomic E-state index is 0.0698. The summed E-state index contributed by atoms with van der Waals surface area (Å²) >= 11 is 1.29. The Morgan fingerprint density at radius 1 is 0.850 bits per heavy atom. The number of nitrogens with zero attached hydrogens (tertiary/aromatic N) is 3. The molecule has 0 unspecified atom stereocenters. The molecule has 0 saturated carbocycles. The SMILES string of the molecule is O=C(Nc1cc(-c2cccs2)nn1-c1nc(-c2ccccc2)cc(=O)[nH]1)c1cc(C(F)(F)F)cc(C(F)(F)F)c1. The monoisotopic (exact) mass is 575 g/mol. The maximum atomic E-state index is 13.3. The highest BCUT2D eigenvalue weighted by atomic mass is 32.1. The molecule has 0 fully saturated rings. The molecule has 5 rings (SSSR count). The summed E-state index contributed by atoms with van der Waals surface area (Å²) in [4.78, 5) is 33.0. The lowest BCUT2D eigenvalue weighted by molar-refractivity contribution is -0.143. The molecular weight excluding hydrogens is 560 g/mol. The summed E-state index contributed by atoms with van der Waals surface area (Å²) in [6.07, 6.45) is -10.3. The van der Waals surface area contributed by atoms with Gasteiger partial charge in [-0.05, 0) is 29.6 Å². The Bertz CT molecular complexity index is 1710. The van der Waals surface area contributed by atoms with E-state index in [1.165, 1.54) is 23.5 Å². The van der Waals surface area contributed by atoms with Crippen molar-refractivity contribution in [1.82, 2.24) is 19.7 Å². The van der Waals surface area contributed by atoms with Gasteiger partial charge in [0, 0.05) is 23.3 Å². The van der Waals surface area contributed by atoms with E-state index < -0.39 is 40.5 Å². The lowest BCUT2D eigenvalue weighted by Crippen LogP contribution is -2.20. The number of alkyl halides is 6. The Morgan fingerprint density at radius 2 is 1.52 bits per heavy atom. The van der Waals surface area contributed by atoms with Crippen molar-refractivity contribution in [1.29, 1.82) is 0 Å². The maximum Gasteiger partial charge on any atom is 0.416 e. The van der Waals surface area contributed by atoms with Crippen LogP contribution in [0.15, 0.2) is 83.0 Å². The molecule has 0 atom stereocenters. The third-order valence-corrected chi connectivity index (χ3v) is 6.47. The van der Waals surface area contributed by atoms with Gasteiger partial charge in [-0.15, -0.1) is 11.3 Å². The predicted molar refractivity (Wildman–Crippen MR) is 135 cm³/mol. The molecule has 0 spiro atoms. The summed E-state index contributed by atoms with van der Waals surface area (Å²) < 4.78 is 81.0. The highest BCUT2D eigenvalue weighted by Gasteiger charge is 2.37. The minimum atomic E-state index is -5.13. The summed E-state index contributed by atoms with van der Waals surface area (Å²) in [6.45, 7) is 0. The first-order valence-corrected chi connectivity index (χ1v) is 12.2. The van der Waals surface area contributed by atoms with Crippen molar-refractivity contribution in [3.05, 3.63) is 105 Å². The van der Waals surface area contributed by atoms with Gasteiger partial charge < -0.3 is 5.32 Å². The van der Waals surface area contributed by atoms with Gasteiger partial charge in [-0.1, -0.05) is 36.4 Å². The first-order chi connectivity index (χ1) is 18.9. The van der Waals surface area contributed by atoms with Gasteiger partial charge in [0.2, 0.25) is 5.95 Å². The Kier molecular flexibility index (Phi) is 6.79. The molecule has 0 saturated heterocycles. The molecule has 3 aromatic heterocycles. The standard InChI is InChI=1S/C26H15F6N5O2S/c27-25(28,29)16-9-15(10-17(11-16)26(30,31)32)23(39)34-21-12-19(20-7-4-8-40-20)36-37(21)24-33-18(13-22(38)35-24)14-5-2-1-3-6-14/h1-13H,(H,34,39)(H,33,35,38). The highest BCUT2D eigenvalue weighted by Crippen LogP contribution is 2.36. The van der Waals surface area contributed by atoms with Gasteiger partial charge >= 0.3 is 12.4 Å². The average molecular weight is 575 g/mol. The molecule has 7 nitrogen and oxygen atoms in total. The maximum absolute atomic E-state index is 13.3. The Morgan fingerprint density at radius 3 is 2.12 bits per heavy atom. The molecule has 3 heterocycles. The molecule has 2 aromatic carbocycles. The van der Waals surface area contributed by atoms with Crippen molar-refractivity contribution in [2.45, 2.75) is 12.4 Å². The average Bonchev–Trinajstić information content (AvgIpc) is 3.58. The molecule has 0 aliphatic rings. The zero-order chi connectivity index (χ0) is 28.7. The van der Waals surface area contributed by atoms with Crippen molar-refractivity contribution in [3.63, 3.8) is 0 Å². The molecule has 2 N–H and O–H groups in total. The zero-order valence-electron chi connectivity index (χ0n) is 19.8. The van der Waals surface area contributed by atoms with Crippen molar-refractivity contribution >= 4 is 23.1 Å². The Hall–Kier alpha value is -4.72. The number of hydrogen-bond acceptors (Lipinski definition) is 5. The fourth-order valence-electron chi connectivity index (χ4n) is 3.75. The lowest BCUT2D eigenvalue weighted by Gasteiger charge is -2.14. The zero-order valence-corrected chi connectivity index (χ0v) is 20.7. The van der Waals surface area contributed by atoms with Gasteiger partial charge in [0.25, 0.3) is 11.5 Å². The predicted octanol–water partition coefficient (Wildman–Crippen LogP) is 6.64. The molecular formula is C26H15F6N5O2S. The van der Waals surface area contributed by atoms with Crippen LogP contribution in [0.5, 0.6) is 0 Å². The number of H-pyrrole nitrogens is 1. The fraction of sp³-hybridized carbons (Fsp3) is 0.0769. The molecule has 0 aliphatic heterocycles. The van der Waals surface area contributed by atoms with Crippen LogP contribution in [0.2, 0.25) is 0 Å². The second-order valence-electron chi connectivity index (χ2n) is 8.37. The largest absolute Gasteiger partial charge is 0.416 e. The summed E-state index contributed by atoms with van der Waals surface area (Å²) in [5.41, 5.74) is -3.57. The van der Waals surface area contributed by atoms with E-state index in [0.29, 0.717) is 28.3 Å². The van der Waals surface area contributed by atoms with Crippen LogP contribution < -0.4 is 10.9 Å². The van der Waals surface area contributed by atoms with Crippen LogP contribution >= 0.6 is 11.3 Å². The summed E-state index contributed by atoms with van der Waals surface area (Å²) in [5, 5.41) is 8.45. The molecule has 0 radical (unpaired) electrons. The molecule has 5 aromatic rings. The van der Waals surface area contributed by atoms with E-state index in [9.17, 15) is 35.9 Å². The van der Waals surface area contributed by atoms with Crippen molar-refractivity contribution < 1.29 is 31.1 Å². The van der Waals surface area contributed by atoms with Crippen LogP contribution in [0, 0.1) is 0 Å². The number of aromatic nitrogens is 4. The van der Waals surface area contributed by atoms with Gasteiger partial charge in [-0.3, -0.25) is 14.6 Å². The lowest BCUT2D eigenvalue weighted by atomic mass is 10.0. The quantitative estimate of drug-likeness (QED) is 0.230. The van der Waals surface area contributed by atoms with Crippen LogP contribution in [-0.4, -0.2) is 25.7 Å². The number of amides is 1. The number of hydrogen-bond donors (Lipinski definition) is 2. The molecule has 0 aliphatic carbocycles. The molecule has 40 heavy (non-hydrogen) atoms. The number of nitrogens with one attached hydrogen (secondary N) is 2. The first-order valence-electron chi connectivity index (χ1n) is 11.3. The first kappa shape index (κ1) is 26.9. The van der Waals surface area contributed by atoms with E-state index in [1.807, 2.05) is 0 Å². The summed E-state index contributed by atoms with van der Waals surface area (Å²) in [6, 6.07) is 15.3. The number of rotatable bonds is 5. The third-order valence-electron chi connectivity index (χ3n) is 5.57. The number of thiophene rings is 1. The topological polar surface area (TPSA) is 92.7 Å².